The maximum Gasteiger partial charge on any atom is 0.307 e. The Morgan fingerprint density at radius 3 is 2.62 bits per heavy atom. The van der Waals surface area contributed by atoms with Crippen molar-refractivity contribution in [3.63, 3.8) is 0 Å². The van der Waals surface area contributed by atoms with Crippen molar-refractivity contribution >= 4 is 23.3 Å². The number of hydrogen-bond donors (Lipinski definition) is 2. The number of carbonyl (C=O) groups excluding carboxylic acids is 1. The van der Waals surface area contributed by atoms with Crippen LogP contribution < -0.4 is 5.32 Å². The summed E-state index contributed by atoms with van der Waals surface area (Å²) in [6, 6.07) is 3.00. The van der Waals surface area contributed by atoms with E-state index in [1.807, 2.05) is 0 Å². The minimum Gasteiger partial charge on any atom is -0.481 e. The molecule has 7 nitrogen and oxygen atoms in total. The van der Waals surface area contributed by atoms with E-state index in [1.165, 1.54) is 6.07 Å². The highest BCUT2D eigenvalue weighted by atomic mass is 19.1. The summed E-state index contributed by atoms with van der Waals surface area (Å²) >= 11 is 0. The van der Waals surface area contributed by atoms with Crippen LogP contribution in [0, 0.1) is 27.8 Å². The third-order valence-corrected chi connectivity index (χ3v) is 3.58. The first kappa shape index (κ1) is 14.9. The van der Waals surface area contributed by atoms with Crippen LogP contribution in [0.2, 0.25) is 0 Å². The van der Waals surface area contributed by atoms with Crippen molar-refractivity contribution in [2.24, 2.45) is 11.8 Å². The number of rotatable bonds is 4. The van der Waals surface area contributed by atoms with Gasteiger partial charge in [0.1, 0.15) is 0 Å². The Kier molecular flexibility index (Phi) is 4.15. The van der Waals surface area contributed by atoms with Gasteiger partial charge in [-0.1, -0.05) is 6.42 Å². The molecule has 0 bridgehead atoms. The Morgan fingerprint density at radius 1 is 1.33 bits per heavy atom. The second-order valence-corrected chi connectivity index (χ2v) is 4.89. The number of benzene rings is 1. The molecule has 1 fully saturated rings. The second-order valence-electron chi connectivity index (χ2n) is 4.89. The highest BCUT2D eigenvalue weighted by Gasteiger charge is 2.37. The molecular formula is C13H13FN2O5. The van der Waals surface area contributed by atoms with Crippen LogP contribution in [0.25, 0.3) is 0 Å². The van der Waals surface area contributed by atoms with Crippen LogP contribution in [0.4, 0.5) is 15.8 Å². The van der Waals surface area contributed by atoms with E-state index in [-0.39, 0.29) is 5.69 Å². The molecule has 0 heterocycles. The molecule has 0 saturated heterocycles. The molecule has 2 N–H and O–H groups in total. The molecule has 112 valence electrons. The van der Waals surface area contributed by atoms with E-state index in [0.717, 1.165) is 12.1 Å². The van der Waals surface area contributed by atoms with E-state index in [0.29, 0.717) is 19.3 Å². The van der Waals surface area contributed by atoms with Crippen LogP contribution in [0.3, 0.4) is 0 Å². The first-order valence-electron chi connectivity index (χ1n) is 6.37. The molecule has 1 saturated carbocycles. The van der Waals surface area contributed by atoms with Crippen LogP contribution >= 0.6 is 0 Å². The number of aliphatic carboxylic acids is 1. The van der Waals surface area contributed by atoms with E-state index in [4.69, 9.17) is 5.11 Å². The van der Waals surface area contributed by atoms with E-state index in [2.05, 4.69) is 5.32 Å². The van der Waals surface area contributed by atoms with Gasteiger partial charge in [-0.05, 0) is 25.0 Å². The molecule has 2 atom stereocenters. The Morgan fingerprint density at radius 2 is 2.00 bits per heavy atom. The van der Waals surface area contributed by atoms with Crippen molar-refractivity contribution in [3.05, 3.63) is 34.1 Å². The van der Waals surface area contributed by atoms with Gasteiger partial charge in [-0.25, -0.2) is 0 Å². The lowest BCUT2D eigenvalue weighted by Crippen LogP contribution is -2.30. The van der Waals surface area contributed by atoms with Gasteiger partial charge in [0.15, 0.2) is 0 Å². The minimum absolute atomic E-state index is 0.0733. The highest BCUT2D eigenvalue weighted by Crippen LogP contribution is 2.33. The molecule has 1 aromatic carbocycles. The topological polar surface area (TPSA) is 110 Å². The fraction of sp³-hybridized carbons (Fsp3) is 0.385. The van der Waals surface area contributed by atoms with Crippen molar-refractivity contribution in [3.8, 4) is 0 Å². The number of carbonyl (C=O) groups is 2. The molecule has 1 aliphatic carbocycles. The Balaban J connectivity index is 2.14. The van der Waals surface area contributed by atoms with Crippen LogP contribution in [-0.2, 0) is 9.59 Å². The van der Waals surface area contributed by atoms with Crippen LogP contribution in [0.5, 0.6) is 0 Å². The summed E-state index contributed by atoms with van der Waals surface area (Å²) in [5, 5.41) is 22.1. The lowest BCUT2D eigenvalue weighted by Gasteiger charge is -2.15. The van der Waals surface area contributed by atoms with Crippen molar-refractivity contribution in [2.45, 2.75) is 19.3 Å². The second kappa shape index (κ2) is 5.86. The summed E-state index contributed by atoms with van der Waals surface area (Å²) in [6.45, 7) is 0. The van der Waals surface area contributed by atoms with Crippen molar-refractivity contribution in [2.75, 3.05) is 5.32 Å². The molecule has 0 aromatic heterocycles. The number of nitrogens with one attached hydrogen (secondary N) is 1. The van der Waals surface area contributed by atoms with E-state index in [1.54, 1.807) is 0 Å². The normalized spacial score (nSPS) is 21.0. The predicted molar refractivity (Wildman–Crippen MR) is 70.2 cm³/mol. The number of amides is 1. The molecule has 0 aliphatic heterocycles. The largest absolute Gasteiger partial charge is 0.481 e. The van der Waals surface area contributed by atoms with E-state index >= 15 is 0 Å². The number of anilines is 1. The number of hydrogen-bond acceptors (Lipinski definition) is 4. The molecule has 1 amide bonds. The monoisotopic (exact) mass is 296 g/mol. The predicted octanol–water partition coefficient (Wildman–Crippen LogP) is 2.17. The zero-order valence-corrected chi connectivity index (χ0v) is 10.9. The molecule has 8 heteroatoms. The maximum absolute atomic E-state index is 13.2. The lowest BCUT2D eigenvalue weighted by molar-refractivity contribution is -0.387. The quantitative estimate of drug-likeness (QED) is 0.653. The lowest BCUT2D eigenvalue weighted by atomic mass is 9.95. The zero-order chi connectivity index (χ0) is 15.6. The van der Waals surface area contributed by atoms with Gasteiger partial charge in [0.25, 0.3) is 0 Å². The third kappa shape index (κ3) is 3.15. The maximum atomic E-state index is 13.2. The van der Waals surface area contributed by atoms with Crippen molar-refractivity contribution in [1.82, 2.24) is 0 Å². The first-order chi connectivity index (χ1) is 9.90. The molecule has 1 aromatic rings. The van der Waals surface area contributed by atoms with Gasteiger partial charge in [0.05, 0.1) is 16.8 Å². The standard InChI is InChI=1S/C13H13FN2O5/c14-10-5-4-7(6-11(10)16(20)21)15-12(17)8-2-1-3-9(8)13(18)19/h4-6,8-9H,1-3H2,(H,15,17)(H,18,19). The van der Waals surface area contributed by atoms with Crippen molar-refractivity contribution < 1.29 is 24.0 Å². The van der Waals surface area contributed by atoms with Crippen LogP contribution in [0.1, 0.15) is 19.3 Å². The van der Waals surface area contributed by atoms with Gasteiger partial charge in [0.2, 0.25) is 11.7 Å². The fourth-order valence-electron chi connectivity index (χ4n) is 2.53. The molecule has 0 spiro atoms. The Bertz CT molecular complexity index is 604. The van der Waals surface area contributed by atoms with Crippen LogP contribution in [0.15, 0.2) is 18.2 Å². The molecule has 2 rings (SSSR count). The Labute approximate surface area is 118 Å². The van der Waals surface area contributed by atoms with Crippen molar-refractivity contribution in [1.29, 1.82) is 0 Å². The Hall–Kier alpha value is -2.51. The smallest absolute Gasteiger partial charge is 0.307 e. The number of nitrogens with zero attached hydrogens (tertiary/aromatic N) is 1. The zero-order valence-electron chi connectivity index (χ0n) is 10.9. The highest BCUT2D eigenvalue weighted by molar-refractivity contribution is 5.95. The van der Waals surface area contributed by atoms with E-state index in [9.17, 15) is 24.1 Å². The molecule has 21 heavy (non-hydrogen) atoms. The number of nitro groups is 1. The first-order valence-corrected chi connectivity index (χ1v) is 6.37. The summed E-state index contributed by atoms with van der Waals surface area (Å²) in [4.78, 5) is 32.8. The molecule has 2 unspecified atom stereocenters. The van der Waals surface area contributed by atoms with Gasteiger partial charge in [-0.3, -0.25) is 19.7 Å². The number of carboxylic acids is 1. The number of halogens is 1. The minimum atomic E-state index is -1.03. The third-order valence-electron chi connectivity index (χ3n) is 3.58. The van der Waals surface area contributed by atoms with Crippen LogP contribution in [-0.4, -0.2) is 21.9 Å². The number of carboxylic acid groups (broad SMARTS) is 1. The van der Waals surface area contributed by atoms with Gasteiger partial charge in [-0.15, -0.1) is 0 Å². The summed E-state index contributed by atoms with van der Waals surface area (Å²) in [5.74, 6) is -3.96. The van der Waals surface area contributed by atoms with Gasteiger partial charge >= 0.3 is 11.7 Å². The van der Waals surface area contributed by atoms with E-state index < -0.39 is 40.1 Å². The fourth-order valence-corrected chi connectivity index (χ4v) is 2.53. The SMILES string of the molecule is O=C(O)C1CCCC1C(=O)Nc1ccc(F)c([N+](=O)[O-])c1. The summed E-state index contributed by atoms with van der Waals surface area (Å²) < 4.78 is 13.2. The summed E-state index contributed by atoms with van der Waals surface area (Å²) in [5.41, 5.74) is -0.668. The average Bonchev–Trinajstić information content (AvgIpc) is 2.90. The van der Waals surface area contributed by atoms with Gasteiger partial charge in [-0.2, -0.15) is 4.39 Å². The van der Waals surface area contributed by atoms with Gasteiger partial charge < -0.3 is 10.4 Å². The molecule has 0 radical (unpaired) electrons. The molecule has 1 aliphatic rings. The number of nitro benzene ring substituents is 1. The summed E-state index contributed by atoms with van der Waals surface area (Å²) in [7, 11) is 0. The summed E-state index contributed by atoms with van der Waals surface area (Å²) in [6.07, 6.45) is 1.52. The average molecular weight is 296 g/mol. The molecular weight excluding hydrogens is 283 g/mol. The van der Waals surface area contributed by atoms with Gasteiger partial charge in [0, 0.05) is 11.8 Å².